The van der Waals surface area contributed by atoms with Crippen LogP contribution in [-0.4, -0.2) is 49.7 Å². The lowest BCUT2D eigenvalue weighted by Gasteiger charge is -2.27. The molecule has 0 bridgehead atoms. The van der Waals surface area contributed by atoms with Gasteiger partial charge in [-0.25, -0.2) is 18.1 Å². The zero-order valence-corrected chi connectivity index (χ0v) is 19.2. The predicted octanol–water partition coefficient (Wildman–Crippen LogP) is 3.27. The summed E-state index contributed by atoms with van der Waals surface area (Å²) in [5, 5.41) is 0.164. The molecule has 168 valence electrons. The van der Waals surface area contributed by atoms with Crippen molar-refractivity contribution < 1.29 is 27.5 Å². The number of ether oxygens (including phenoxy) is 1. The number of rotatable bonds is 6. The van der Waals surface area contributed by atoms with Gasteiger partial charge in [0.15, 0.2) is 0 Å². The molecule has 0 radical (unpaired) electrons. The second-order valence-corrected chi connectivity index (χ2v) is 10.1. The lowest BCUT2D eigenvalue weighted by molar-refractivity contribution is -0.122. The van der Waals surface area contributed by atoms with E-state index in [1.165, 1.54) is 49.6 Å². The Labute approximate surface area is 194 Å². The quantitative estimate of drug-likeness (QED) is 0.449. The van der Waals surface area contributed by atoms with Crippen LogP contribution in [0.1, 0.15) is 29.6 Å². The fourth-order valence-electron chi connectivity index (χ4n) is 3.69. The number of benzene rings is 2. The number of hydrogen-bond donors (Lipinski definition) is 0. The summed E-state index contributed by atoms with van der Waals surface area (Å²) < 4.78 is 32.7. The van der Waals surface area contributed by atoms with Crippen LogP contribution in [0.2, 0.25) is 10.0 Å². The molecule has 2 aromatic rings. The molecule has 4 rings (SSSR count). The van der Waals surface area contributed by atoms with Gasteiger partial charge in [-0.3, -0.25) is 9.59 Å². The van der Waals surface area contributed by atoms with Gasteiger partial charge in [0.2, 0.25) is 15.9 Å². The van der Waals surface area contributed by atoms with Crippen LogP contribution in [0.4, 0.5) is 5.69 Å². The number of sulfonamides is 1. The highest BCUT2D eigenvalue weighted by molar-refractivity contribution is 7.89. The molecular formula is C21H18Cl2N2O6S. The molecule has 11 heteroatoms. The lowest BCUT2D eigenvalue weighted by atomic mass is 10.2. The van der Waals surface area contributed by atoms with Crippen LogP contribution in [0, 0.1) is 0 Å². The molecule has 2 aliphatic rings. The molecule has 0 N–H and O–H groups in total. The van der Waals surface area contributed by atoms with Crippen LogP contribution in [0.25, 0.3) is 0 Å². The van der Waals surface area contributed by atoms with E-state index in [2.05, 4.69) is 4.74 Å². The molecule has 1 saturated carbocycles. The number of carbonyl (C=O) groups is 3. The van der Waals surface area contributed by atoms with Crippen LogP contribution < -0.4 is 4.90 Å². The van der Waals surface area contributed by atoms with Gasteiger partial charge in [0.25, 0.3) is 5.91 Å². The van der Waals surface area contributed by atoms with Crippen LogP contribution >= 0.6 is 23.2 Å². The van der Waals surface area contributed by atoms with Gasteiger partial charge in [-0.2, -0.15) is 4.31 Å². The Morgan fingerprint density at radius 1 is 1.09 bits per heavy atom. The summed E-state index contributed by atoms with van der Waals surface area (Å²) in [4.78, 5) is 38.4. The number of hydrogen-bond acceptors (Lipinski definition) is 6. The van der Waals surface area contributed by atoms with E-state index in [-0.39, 0.29) is 32.6 Å². The summed E-state index contributed by atoms with van der Waals surface area (Å²) in [6.07, 6.45) is 0.845. The van der Waals surface area contributed by atoms with E-state index >= 15 is 0 Å². The largest absolute Gasteiger partial charge is 0.465 e. The van der Waals surface area contributed by atoms with Gasteiger partial charge in [0, 0.05) is 11.1 Å². The zero-order chi connectivity index (χ0) is 23.2. The standard InChI is InChI=1S/C21H18Cl2N2O6S/c1-31-21(28)12-2-5-14(6-3-12)24-19(26)11-17(20(24)27)25(15-7-8-15)32(29,30)18-10-13(22)4-9-16(18)23/h2-6,9-10,15,17H,7-8,11H2,1H3. The molecule has 2 aromatic carbocycles. The third-order valence-electron chi connectivity index (χ3n) is 5.33. The number of anilines is 1. The van der Waals surface area contributed by atoms with Crippen LogP contribution in [0.3, 0.4) is 0 Å². The maximum absolute atomic E-state index is 13.5. The number of methoxy groups -OCH3 is 1. The summed E-state index contributed by atoms with van der Waals surface area (Å²) in [6, 6.07) is 8.20. The molecule has 0 aromatic heterocycles. The molecule has 32 heavy (non-hydrogen) atoms. The topological polar surface area (TPSA) is 101 Å². The molecule has 0 spiro atoms. The van der Waals surface area contributed by atoms with Gasteiger partial charge < -0.3 is 4.74 Å². The van der Waals surface area contributed by atoms with Crippen molar-refractivity contribution >= 4 is 56.7 Å². The van der Waals surface area contributed by atoms with Gasteiger partial charge in [0.1, 0.15) is 10.9 Å². The molecule has 1 aliphatic heterocycles. The van der Waals surface area contributed by atoms with E-state index in [1.807, 2.05) is 0 Å². The number of amides is 2. The van der Waals surface area contributed by atoms with Gasteiger partial charge >= 0.3 is 5.97 Å². The van der Waals surface area contributed by atoms with Crippen LogP contribution in [0.15, 0.2) is 47.4 Å². The van der Waals surface area contributed by atoms with Gasteiger partial charge in [-0.05, 0) is 55.3 Å². The highest BCUT2D eigenvalue weighted by atomic mass is 35.5. The second kappa shape index (κ2) is 8.47. The second-order valence-electron chi connectivity index (χ2n) is 7.47. The van der Waals surface area contributed by atoms with Crippen molar-refractivity contribution in [3.63, 3.8) is 0 Å². The fourth-order valence-corrected chi connectivity index (χ4v) is 6.25. The van der Waals surface area contributed by atoms with Crippen molar-refractivity contribution in [2.75, 3.05) is 12.0 Å². The van der Waals surface area contributed by atoms with Gasteiger partial charge in [-0.1, -0.05) is 23.2 Å². The van der Waals surface area contributed by atoms with Crippen LogP contribution in [0.5, 0.6) is 0 Å². The van der Waals surface area contributed by atoms with E-state index in [0.29, 0.717) is 12.8 Å². The Kier molecular flexibility index (Phi) is 6.02. The number of esters is 1. The third-order valence-corrected chi connectivity index (χ3v) is 8.01. The average molecular weight is 497 g/mol. The number of nitrogens with zero attached hydrogens (tertiary/aromatic N) is 2. The van der Waals surface area contributed by atoms with E-state index in [9.17, 15) is 22.8 Å². The minimum absolute atomic E-state index is 0.0212. The normalized spacial score (nSPS) is 19.0. The maximum atomic E-state index is 13.5. The first-order valence-electron chi connectivity index (χ1n) is 9.69. The SMILES string of the molecule is COC(=O)c1ccc(N2C(=O)CC(N(C3CC3)S(=O)(=O)c3cc(Cl)ccc3Cl)C2=O)cc1. The minimum atomic E-state index is -4.20. The van der Waals surface area contributed by atoms with Crippen molar-refractivity contribution in [2.24, 2.45) is 0 Å². The molecular weight excluding hydrogens is 479 g/mol. The fraction of sp³-hybridized carbons (Fsp3) is 0.286. The average Bonchev–Trinajstić information content (AvgIpc) is 3.54. The van der Waals surface area contributed by atoms with Crippen molar-refractivity contribution in [3.05, 3.63) is 58.1 Å². The molecule has 1 unspecified atom stereocenters. The number of halogens is 2. The summed E-state index contributed by atoms with van der Waals surface area (Å²) in [6.45, 7) is 0. The number of carbonyl (C=O) groups excluding carboxylic acids is 3. The van der Waals surface area contributed by atoms with E-state index < -0.39 is 39.9 Å². The summed E-state index contributed by atoms with van der Waals surface area (Å²) >= 11 is 12.1. The highest BCUT2D eigenvalue weighted by Crippen LogP contribution is 2.40. The summed E-state index contributed by atoms with van der Waals surface area (Å²) in [5.41, 5.74) is 0.494. The first-order chi connectivity index (χ1) is 15.1. The number of imide groups is 1. The van der Waals surface area contributed by atoms with Crippen molar-refractivity contribution in [1.29, 1.82) is 0 Å². The maximum Gasteiger partial charge on any atom is 0.337 e. The predicted molar refractivity (Wildman–Crippen MR) is 117 cm³/mol. The van der Waals surface area contributed by atoms with Crippen molar-refractivity contribution in [2.45, 2.75) is 36.2 Å². The Morgan fingerprint density at radius 2 is 1.75 bits per heavy atom. The lowest BCUT2D eigenvalue weighted by Crippen LogP contribution is -2.46. The summed E-state index contributed by atoms with van der Waals surface area (Å²) in [7, 11) is -2.96. The zero-order valence-electron chi connectivity index (χ0n) is 16.8. The molecule has 1 aliphatic carbocycles. The Morgan fingerprint density at radius 3 is 2.34 bits per heavy atom. The molecule has 8 nitrogen and oxygen atoms in total. The summed E-state index contributed by atoms with van der Waals surface area (Å²) in [5.74, 6) is -1.75. The van der Waals surface area contributed by atoms with Gasteiger partial charge in [0.05, 0.1) is 29.8 Å². The van der Waals surface area contributed by atoms with Crippen LogP contribution in [-0.2, 0) is 24.3 Å². The smallest absolute Gasteiger partial charge is 0.337 e. The Balaban J connectivity index is 1.68. The molecule has 1 saturated heterocycles. The Hall–Kier alpha value is -2.46. The van der Waals surface area contributed by atoms with E-state index in [0.717, 1.165) is 9.21 Å². The first-order valence-corrected chi connectivity index (χ1v) is 11.9. The Bertz CT molecular complexity index is 1210. The molecule has 1 heterocycles. The highest BCUT2D eigenvalue weighted by Gasteiger charge is 2.52. The third kappa shape index (κ3) is 4.01. The molecule has 1 atom stereocenters. The van der Waals surface area contributed by atoms with Crippen molar-refractivity contribution in [3.8, 4) is 0 Å². The van der Waals surface area contributed by atoms with Gasteiger partial charge in [-0.15, -0.1) is 0 Å². The van der Waals surface area contributed by atoms with E-state index in [4.69, 9.17) is 23.2 Å². The monoisotopic (exact) mass is 496 g/mol. The first kappa shape index (κ1) is 22.7. The van der Waals surface area contributed by atoms with Crippen molar-refractivity contribution in [1.82, 2.24) is 4.31 Å². The minimum Gasteiger partial charge on any atom is -0.465 e. The van der Waals surface area contributed by atoms with E-state index in [1.54, 1.807) is 0 Å². The molecule has 2 fully saturated rings. The molecule has 2 amide bonds.